The molecule has 0 radical (unpaired) electrons. The molecule has 2 aliphatic rings. The fourth-order valence-electron chi connectivity index (χ4n) is 3.72. The summed E-state index contributed by atoms with van der Waals surface area (Å²) in [5.74, 6) is 0.542. The van der Waals surface area contributed by atoms with Crippen LogP contribution in [0.4, 0.5) is 5.69 Å². The van der Waals surface area contributed by atoms with Crippen LogP contribution in [0, 0.1) is 5.92 Å². The van der Waals surface area contributed by atoms with Gasteiger partial charge in [-0.2, -0.15) is 5.10 Å². The van der Waals surface area contributed by atoms with Gasteiger partial charge in [0, 0.05) is 38.7 Å². The number of carbonyl (C=O) groups is 1. The maximum atomic E-state index is 12.2. The summed E-state index contributed by atoms with van der Waals surface area (Å²) in [5, 5.41) is 7.27. The number of carbonyl (C=O) groups excluding carboxylic acids is 1. The molecule has 23 heavy (non-hydrogen) atoms. The van der Waals surface area contributed by atoms with E-state index < -0.39 is 0 Å². The number of anilines is 1. The molecule has 0 spiro atoms. The monoisotopic (exact) mass is 318 g/mol. The molecule has 2 heterocycles. The highest BCUT2D eigenvalue weighted by Crippen LogP contribution is 2.24. The van der Waals surface area contributed by atoms with Gasteiger partial charge in [0.1, 0.15) is 0 Å². The Bertz CT molecular complexity index is 607. The molecule has 1 amide bonds. The van der Waals surface area contributed by atoms with E-state index in [2.05, 4.69) is 15.3 Å². The van der Waals surface area contributed by atoms with Crippen LogP contribution in [0.15, 0.2) is 17.1 Å². The van der Waals surface area contributed by atoms with Gasteiger partial charge in [0.2, 0.25) is 5.91 Å². The lowest BCUT2D eigenvalue weighted by Gasteiger charge is -2.34. The van der Waals surface area contributed by atoms with Gasteiger partial charge in [0.05, 0.1) is 11.9 Å². The van der Waals surface area contributed by atoms with Crippen LogP contribution in [0.2, 0.25) is 0 Å². The van der Waals surface area contributed by atoms with E-state index in [-0.39, 0.29) is 11.5 Å². The van der Waals surface area contributed by atoms with Gasteiger partial charge < -0.3 is 10.2 Å². The lowest BCUT2D eigenvalue weighted by Crippen LogP contribution is -2.40. The Balaban J connectivity index is 1.56. The average molecular weight is 318 g/mol. The van der Waals surface area contributed by atoms with E-state index >= 15 is 0 Å². The molecule has 1 saturated carbocycles. The maximum absolute atomic E-state index is 12.2. The summed E-state index contributed by atoms with van der Waals surface area (Å²) in [6, 6.07) is 2.03. The third kappa shape index (κ3) is 4.12. The van der Waals surface area contributed by atoms with Gasteiger partial charge in [0.25, 0.3) is 5.56 Å². The number of aromatic nitrogens is 2. The molecule has 6 nitrogen and oxygen atoms in total. The van der Waals surface area contributed by atoms with E-state index in [0.717, 1.165) is 44.5 Å². The number of hydrogen-bond acceptors (Lipinski definition) is 4. The summed E-state index contributed by atoms with van der Waals surface area (Å²) < 4.78 is 1.33. The van der Waals surface area contributed by atoms with Gasteiger partial charge in [-0.3, -0.25) is 9.59 Å². The molecule has 1 N–H and O–H groups in total. The first-order chi connectivity index (χ1) is 11.1. The largest absolute Gasteiger partial charge is 0.370 e. The van der Waals surface area contributed by atoms with E-state index in [9.17, 15) is 9.59 Å². The Hall–Kier alpha value is -1.85. The van der Waals surface area contributed by atoms with Crippen LogP contribution in [0.5, 0.6) is 0 Å². The molecule has 1 aliphatic heterocycles. The molecule has 1 aromatic heterocycles. The number of aryl methyl sites for hydroxylation is 1. The molecular weight excluding hydrogens is 292 g/mol. The number of hydrogen-bond donors (Lipinski definition) is 1. The number of amides is 1. The van der Waals surface area contributed by atoms with Gasteiger partial charge in [-0.05, 0) is 31.6 Å². The Morgan fingerprint density at radius 3 is 2.83 bits per heavy atom. The summed E-state index contributed by atoms with van der Waals surface area (Å²) in [7, 11) is 1.65. The van der Waals surface area contributed by atoms with Crippen LogP contribution in [0.25, 0.3) is 0 Å². The summed E-state index contributed by atoms with van der Waals surface area (Å²) >= 11 is 0. The SMILES string of the molecule is Cn1ncc(N2CCCC(CC(=O)NC3CCCC3)C2)cc1=O. The smallest absolute Gasteiger partial charge is 0.268 e. The Labute approximate surface area is 136 Å². The Morgan fingerprint density at radius 1 is 1.30 bits per heavy atom. The number of piperidine rings is 1. The highest BCUT2D eigenvalue weighted by Gasteiger charge is 2.24. The van der Waals surface area contributed by atoms with Crippen LogP contribution >= 0.6 is 0 Å². The molecule has 1 aliphatic carbocycles. The third-order valence-electron chi connectivity index (χ3n) is 5.03. The van der Waals surface area contributed by atoms with Crippen molar-refractivity contribution in [2.45, 2.75) is 51.0 Å². The molecule has 6 heteroatoms. The molecule has 0 bridgehead atoms. The topological polar surface area (TPSA) is 67.2 Å². The van der Waals surface area contributed by atoms with Crippen molar-refractivity contribution in [1.29, 1.82) is 0 Å². The normalized spacial score (nSPS) is 22.3. The predicted molar refractivity (Wildman–Crippen MR) is 89.4 cm³/mol. The van der Waals surface area contributed by atoms with Gasteiger partial charge >= 0.3 is 0 Å². The van der Waals surface area contributed by atoms with Crippen molar-refractivity contribution in [3.05, 3.63) is 22.6 Å². The Kier molecular flexibility index (Phi) is 4.98. The van der Waals surface area contributed by atoms with Crippen molar-refractivity contribution in [2.75, 3.05) is 18.0 Å². The minimum Gasteiger partial charge on any atom is -0.370 e. The minimum absolute atomic E-state index is 0.0939. The van der Waals surface area contributed by atoms with Gasteiger partial charge in [-0.15, -0.1) is 0 Å². The molecular formula is C17H26N4O2. The first kappa shape index (κ1) is 16.0. The Morgan fingerprint density at radius 2 is 2.09 bits per heavy atom. The van der Waals surface area contributed by atoms with Gasteiger partial charge in [0.15, 0.2) is 0 Å². The van der Waals surface area contributed by atoms with Crippen molar-refractivity contribution < 1.29 is 4.79 Å². The second-order valence-corrected chi connectivity index (χ2v) is 6.88. The van der Waals surface area contributed by atoms with Crippen molar-refractivity contribution in [3.63, 3.8) is 0 Å². The predicted octanol–water partition coefficient (Wildman–Crippen LogP) is 1.45. The fraction of sp³-hybridized carbons (Fsp3) is 0.706. The fourth-order valence-corrected chi connectivity index (χ4v) is 3.72. The van der Waals surface area contributed by atoms with Crippen molar-refractivity contribution in [2.24, 2.45) is 13.0 Å². The second kappa shape index (κ2) is 7.15. The summed E-state index contributed by atoms with van der Waals surface area (Å²) in [5.41, 5.74) is 0.776. The number of nitrogens with one attached hydrogen (secondary N) is 1. The molecule has 3 rings (SSSR count). The van der Waals surface area contributed by atoms with Gasteiger partial charge in [-0.1, -0.05) is 12.8 Å². The van der Waals surface area contributed by atoms with Crippen molar-refractivity contribution >= 4 is 11.6 Å². The summed E-state index contributed by atoms with van der Waals surface area (Å²) in [4.78, 5) is 26.1. The van der Waals surface area contributed by atoms with E-state index in [1.54, 1.807) is 19.3 Å². The zero-order valence-electron chi connectivity index (χ0n) is 13.8. The van der Waals surface area contributed by atoms with E-state index in [4.69, 9.17) is 0 Å². The number of nitrogens with zero attached hydrogens (tertiary/aromatic N) is 3. The average Bonchev–Trinajstić information content (AvgIpc) is 3.03. The standard InChI is InChI=1S/C17H26N4O2/c1-20-17(23)10-15(11-18-20)21-8-4-5-13(12-21)9-16(22)19-14-6-2-3-7-14/h10-11,13-14H,2-9,12H2,1H3,(H,19,22). The zero-order valence-corrected chi connectivity index (χ0v) is 13.8. The lowest BCUT2D eigenvalue weighted by atomic mass is 9.94. The highest BCUT2D eigenvalue weighted by molar-refractivity contribution is 5.76. The van der Waals surface area contributed by atoms with Crippen molar-refractivity contribution in [1.82, 2.24) is 15.1 Å². The number of rotatable bonds is 4. The zero-order chi connectivity index (χ0) is 16.2. The van der Waals surface area contributed by atoms with Crippen LogP contribution < -0.4 is 15.8 Å². The van der Waals surface area contributed by atoms with Crippen LogP contribution in [-0.2, 0) is 11.8 Å². The molecule has 126 valence electrons. The van der Waals surface area contributed by atoms with Crippen molar-refractivity contribution in [3.8, 4) is 0 Å². The van der Waals surface area contributed by atoms with E-state index in [1.165, 1.54) is 17.5 Å². The molecule has 2 fully saturated rings. The highest BCUT2D eigenvalue weighted by atomic mass is 16.1. The molecule has 1 saturated heterocycles. The van der Waals surface area contributed by atoms with E-state index in [1.807, 2.05) is 0 Å². The quantitative estimate of drug-likeness (QED) is 0.912. The molecule has 1 atom stereocenters. The summed E-state index contributed by atoms with van der Waals surface area (Å²) in [6.07, 6.45) is 9.18. The third-order valence-corrected chi connectivity index (χ3v) is 5.03. The minimum atomic E-state index is -0.0939. The van der Waals surface area contributed by atoms with Gasteiger partial charge in [-0.25, -0.2) is 4.68 Å². The lowest BCUT2D eigenvalue weighted by molar-refractivity contribution is -0.122. The molecule has 1 aromatic rings. The first-order valence-electron chi connectivity index (χ1n) is 8.69. The summed E-state index contributed by atoms with van der Waals surface area (Å²) in [6.45, 7) is 1.75. The van der Waals surface area contributed by atoms with Crippen LogP contribution in [-0.4, -0.2) is 34.8 Å². The maximum Gasteiger partial charge on any atom is 0.268 e. The van der Waals surface area contributed by atoms with Crippen LogP contribution in [0.3, 0.4) is 0 Å². The first-order valence-corrected chi connectivity index (χ1v) is 8.69. The second-order valence-electron chi connectivity index (χ2n) is 6.88. The van der Waals surface area contributed by atoms with Crippen LogP contribution in [0.1, 0.15) is 44.9 Å². The molecule has 0 aromatic carbocycles. The molecule has 1 unspecified atom stereocenters. The van der Waals surface area contributed by atoms with E-state index in [0.29, 0.717) is 18.4 Å².